The van der Waals surface area contributed by atoms with Crippen molar-refractivity contribution in [1.82, 2.24) is 5.32 Å². The number of thiophene rings is 1. The molecule has 0 atom stereocenters. The summed E-state index contributed by atoms with van der Waals surface area (Å²) in [5.74, 6) is 0.480. The second-order valence-electron chi connectivity index (χ2n) is 5.47. The predicted molar refractivity (Wildman–Crippen MR) is 97.4 cm³/mol. The van der Waals surface area contributed by atoms with Gasteiger partial charge in [-0.1, -0.05) is 42.5 Å². The molecule has 1 amide bonds. The highest BCUT2D eigenvalue weighted by Gasteiger charge is 2.12. The van der Waals surface area contributed by atoms with Gasteiger partial charge in [0.15, 0.2) is 0 Å². The van der Waals surface area contributed by atoms with Crippen molar-refractivity contribution in [3.05, 3.63) is 87.6 Å². The van der Waals surface area contributed by atoms with Gasteiger partial charge >= 0.3 is 0 Å². The van der Waals surface area contributed by atoms with Crippen molar-refractivity contribution in [2.45, 2.75) is 20.1 Å². The number of aryl methyl sites for hydroxylation is 1. The number of para-hydroxylation sites is 1. The summed E-state index contributed by atoms with van der Waals surface area (Å²) in [6, 6.07) is 19.4. The first-order valence-corrected chi connectivity index (χ1v) is 8.69. The average Bonchev–Trinajstić information content (AvgIpc) is 3.13. The molecule has 3 rings (SSSR count). The van der Waals surface area contributed by atoms with Crippen LogP contribution in [0.25, 0.3) is 0 Å². The maximum absolute atomic E-state index is 12.5. The molecule has 0 aliphatic heterocycles. The average molecular weight is 337 g/mol. The molecule has 1 heterocycles. The number of amides is 1. The minimum atomic E-state index is -0.121. The molecule has 0 saturated carbocycles. The van der Waals surface area contributed by atoms with Crippen LogP contribution in [-0.2, 0) is 13.2 Å². The van der Waals surface area contributed by atoms with E-state index in [1.165, 1.54) is 5.56 Å². The number of hydrogen-bond acceptors (Lipinski definition) is 3. The third-order valence-corrected chi connectivity index (χ3v) is 4.66. The Labute approximate surface area is 145 Å². The van der Waals surface area contributed by atoms with Gasteiger partial charge in [-0.05, 0) is 41.6 Å². The maximum Gasteiger partial charge on any atom is 0.255 e. The molecule has 0 unspecified atom stereocenters. The highest BCUT2D eigenvalue weighted by atomic mass is 32.1. The molecule has 2 aromatic carbocycles. The van der Waals surface area contributed by atoms with Crippen LogP contribution >= 0.6 is 11.3 Å². The van der Waals surface area contributed by atoms with Crippen molar-refractivity contribution < 1.29 is 9.53 Å². The zero-order valence-electron chi connectivity index (χ0n) is 13.5. The van der Waals surface area contributed by atoms with E-state index >= 15 is 0 Å². The fourth-order valence-electron chi connectivity index (χ4n) is 2.38. The first kappa shape index (κ1) is 16.3. The largest absolute Gasteiger partial charge is 0.488 e. The monoisotopic (exact) mass is 337 g/mol. The van der Waals surface area contributed by atoms with E-state index in [-0.39, 0.29) is 5.91 Å². The van der Waals surface area contributed by atoms with Gasteiger partial charge in [-0.3, -0.25) is 4.79 Å². The Bertz CT molecular complexity index is 812. The highest BCUT2D eigenvalue weighted by Crippen LogP contribution is 2.20. The fourth-order valence-corrected chi connectivity index (χ4v) is 3.03. The summed E-state index contributed by atoms with van der Waals surface area (Å²) in [7, 11) is 0. The second kappa shape index (κ2) is 7.79. The van der Waals surface area contributed by atoms with Gasteiger partial charge in [-0.25, -0.2) is 0 Å². The minimum absolute atomic E-state index is 0.121. The van der Waals surface area contributed by atoms with E-state index in [2.05, 4.69) is 18.3 Å². The summed E-state index contributed by atoms with van der Waals surface area (Å²) in [5, 5.41) is 4.94. The topological polar surface area (TPSA) is 38.3 Å². The van der Waals surface area contributed by atoms with E-state index in [1.807, 2.05) is 53.9 Å². The summed E-state index contributed by atoms with van der Waals surface area (Å²) < 4.78 is 5.90. The summed E-state index contributed by atoms with van der Waals surface area (Å²) >= 11 is 1.63. The lowest BCUT2D eigenvalue weighted by Gasteiger charge is -2.12. The summed E-state index contributed by atoms with van der Waals surface area (Å²) in [6.45, 7) is 3.03. The normalized spacial score (nSPS) is 10.4. The van der Waals surface area contributed by atoms with Gasteiger partial charge in [0.2, 0.25) is 0 Å². The number of hydrogen-bond donors (Lipinski definition) is 1. The van der Waals surface area contributed by atoms with Crippen LogP contribution in [0.2, 0.25) is 0 Å². The lowest BCUT2D eigenvalue weighted by atomic mass is 10.1. The molecule has 0 radical (unpaired) electrons. The van der Waals surface area contributed by atoms with Crippen LogP contribution in [0, 0.1) is 6.92 Å². The zero-order chi connectivity index (χ0) is 16.8. The SMILES string of the molecule is Cc1ccccc1COc1ccccc1C(=O)NCc1cccs1. The predicted octanol–water partition coefficient (Wildman–Crippen LogP) is 4.57. The molecule has 1 aromatic heterocycles. The molecule has 1 N–H and O–H groups in total. The van der Waals surface area contributed by atoms with Crippen molar-refractivity contribution in [2.75, 3.05) is 0 Å². The number of benzene rings is 2. The Morgan fingerprint density at radius 2 is 1.83 bits per heavy atom. The van der Waals surface area contributed by atoms with Crippen LogP contribution in [0.4, 0.5) is 0 Å². The highest BCUT2D eigenvalue weighted by molar-refractivity contribution is 7.09. The Morgan fingerprint density at radius 3 is 2.62 bits per heavy atom. The van der Waals surface area contributed by atoms with Gasteiger partial charge in [-0.15, -0.1) is 11.3 Å². The molecule has 0 bridgehead atoms. The van der Waals surface area contributed by atoms with E-state index in [9.17, 15) is 4.79 Å². The van der Waals surface area contributed by atoms with E-state index < -0.39 is 0 Å². The van der Waals surface area contributed by atoms with Crippen LogP contribution < -0.4 is 10.1 Å². The lowest BCUT2D eigenvalue weighted by molar-refractivity contribution is 0.0947. The molecule has 0 aliphatic rings. The molecule has 24 heavy (non-hydrogen) atoms. The Kier molecular flexibility index (Phi) is 5.29. The number of carbonyl (C=O) groups is 1. The van der Waals surface area contributed by atoms with Crippen molar-refractivity contribution >= 4 is 17.2 Å². The van der Waals surface area contributed by atoms with Crippen LogP contribution in [0.3, 0.4) is 0 Å². The lowest BCUT2D eigenvalue weighted by Crippen LogP contribution is -2.23. The molecular weight excluding hydrogens is 318 g/mol. The van der Waals surface area contributed by atoms with Crippen molar-refractivity contribution in [2.24, 2.45) is 0 Å². The molecule has 122 valence electrons. The van der Waals surface area contributed by atoms with Gasteiger partial charge in [0.25, 0.3) is 5.91 Å². The number of ether oxygens (including phenoxy) is 1. The number of carbonyl (C=O) groups excluding carboxylic acids is 1. The van der Waals surface area contributed by atoms with Gasteiger partial charge in [0, 0.05) is 4.88 Å². The minimum Gasteiger partial charge on any atom is -0.488 e. The van der Waals surface area contributed by atoms with Crippen LogP contribution in [0.5, 0.6) is 5.75 Å². The van der Waals surface area contributed by atoms with Crippen LogP contribution in [0.15, 0.2) is 66.0 Å². The number of nitrogens with one attached hydrogen (secondary N) is 1. The van der Waals surface area contributed by atoms with E-state index in [4.69, 9.17) is 4.74 Å². The van der Waals surface area contributed by atoms with Crippen LogP contribution in [-0.4, -0.2) is 5.91 Å². The standard InChI is InChI=1S/C20H19NO2S/c1-15-7-2-3-8-16(15)14-23-19-11-5-4-10-18(19)20(22)21-13-17-9-6-12-24-17/h2-12H,13-14H2,1H3,(H,21,22). The summed E-state index contributed by atoms with van der Waals surface area (Å²) in [4.78, 5) is 13.6. The Balaban J connectivity index is 1.68. The summed E-state index contributed by atoms with van der Waals surface area (Å²) in [5.41, 5.74) is 2.85. The Hall–Kier alpha value is -2.59. The van der Waals surface area contributed by atoms with Crippen molar-refractivity contribution in [1.29, 1.82) is 0 Å². The molecular formula is C20H19NO2S. The molecule has 3 aromatic rings. The van der Waals surface area contributed by atoms with E-state index in [1.54, 1.807) is 17.4 Å². The van der Waals surface area contributed by atoms with Gasteiger partial charge in [0.1, 0.15) is 12.4 Å². The second-order valence-corrected chi connectivity index (χ2v) is 6.51. The van der Waals surface area contributed by atoms with Gasteiger partial charge < -0.3 is 10.1 Å². The molecule has 0 aliphatic carbocycles. The zero-order valence-corrected chi connectivity index (χ0v) is 14.3. The molecule has 3 nitrogen and oxygen atoms in total. The Morgan fingerprint density at radius 1 is 1.04 bits per heavy atom. The molecule has 4 heteroatoms. The molecule has 0 saturated heterocycles. The molecule has 0 spiro atoms. The van der Waals surface area contributed by atoms with Crippen molar-refractivity contribution in [3.8, 4) is 5.75 Å². The third-order valence-electron chi connectivity index (χ3n) is 3.78. The van der Waals surface area contributed by atoms with Crippen LogP contribution in [0.1, 0.15) is 26.4 Å². The smallest absolute Gasteiger partial charge is 0.255 e. The first-order chi connectivity index (χ1) is 11.7. The number of rotatable bonds is 6. The van der Waals surface area contributed by atoms with E-state index in [0.29, 0.717) is 24.5 Å². The first-order valence-electron chi connectivity index (χ1n) is 7.81. The third kappa shape index (κ3) is 4.03. The van der Waals surface area contributed by atoms with Gasteiger partial charge in [0.05, 0.1) is 12.1 Å². The van der Waals surface area contributed by atoms with E-state index in [0.717, 1.165) is 10.4 Å². The molecule has 0 fully saturated rings. The van der Waals surface area contributed by atoms with Gasteiger partial charge in [-0.2, -0.15) is 0 Å². The fraction of sp³-hybridized carbons (Fsp3) is 0.150. The maximum atomic E-state index is 12.5. The quantitative estimate of drug-likeness (QED) is 0.716. The van der Waals surface area contributed by atoms with Crippen molar-refractivity contribution in [3.63, 3.8) is 0 Å². The summed E-state index contributed by atoms with van der Waals surface area (Å²) in [6.07, 6.45) is 0.